The molecule has 2 aliphatic rings. The summed E-state index contributed by atoms with van der Waals surface area (Å²) >= 11 is 0. The molecule has 0 spiro atoms. The van der Waals surface area contributed by atoms with Crippen molar-refractivity contribution in [1.82, 2.24) is 0 Å². The highest BCUT2D eigenvalue weighted by molar-refractivity contribution is 6.00. The Balaban J connectivity index is 1.49. The second-order valence-corrected chi connectivity index (χ2v) is 8.67. The molecule has 2 amide bonds. The van der Waals surface area contributed by atoms with Crippen LogP contribution in [0.2, 0.25) is 0 Å². The van der Waals surface area contributed by atoms with Gasteiger partial charge in [-0.05, 0) is 60.5 Å². The molecule has 3 aromatic carbocycles. The van der Waals surface area contributed by atoms with E-state index in [0.717, 1.165) is 5.56 Å². The number of rotatable bonds is 6. The van der Waals surface area contributed by atoms with Gasteiger partial charge in [0.2, 0.25) is 11.8 Å². The third-order valence-corrected chi connectivity index (χ3v) is 6.55. The molecule has 0 saturated carbocycles. The Labute approximate surface area is 209 Å². The number of benzene rings is 3. The van der Waals surface area contributed by atoms with Crippen LogP contribution in [0.15, 0.2) is 66.7 Å². The van der Waals surface area contributed by atoms with Gasteiger partial charge in [-0.2, -0.15) is 0 Å². The highest BCUT2D eigenvalue weighted by atomic mass is 16.6. The maximum Gasteiger partial charge on any atom is 0.229 e. The lowest BCUT2D eigenvalue weighted by Gasteiger charge is -2.41. The molecule has 3 aromatic rings. The van der Waals surface area contributed by atoms with Crippen LogP contribution in [0, 0.1) is 5.92 Å². The van der Waals surface area contributed by atoms with E-state index in [-0.39, 0.29) is 18.2 Å². The molecule has 36 heavy (non-hydrogen) atoms. The second-order valence-electron chi connectivity index (χ2n) is 8.67. The fraction of sp³-hybridized carbons (Fsp3) is 0.286. The Hall–Kier alpha value is -4.20. The van der Waals surface area contributed by atoms with Crippen molar-refractivity contribution in [3.05, 3.63) is 72.3 Å². The minimum atomic E-state index is -0.497. The number of anilines is 2. The van der Waals surface area contributed by atoms with Gasteiger partial charge in [-0.15, -0.1) is 0 Å². The van der Waals surface area contributed by atoms with Crippen LogP contribution in [0.5, 0.6) is 23.0 Å². The average Bonchev–Trinajstić information content (AvgIpc) is 2.93. The van der Waals surface area contributed by atoms with Gasteiger partial charge in [-0.1, -0.05) is 12.1 Å². The summed E-state index contributed by atoms with van der Waals surface area (Å²) in [6.45, 7) is 0.963. The Bertz CT molecular complexity index is 1240. The highest BCUT2D eigenvalue weighted by Gasteiger charge is 2.41. The zero-order valence-electron chi connectivity index (χ0n) is 20.2. The Kier molecular flexibility index (Phi) is 6.66. The standard InChI is InChI=1S/C28H28N2O6/c1-33-21-8-3-18(4-9-21)27-23(12-14-26(31)30(27)20-6-10-22(34-2)11-7-20)28(32)29-19-5-13-24-25(17-19)36-16-15-35-24/h3-11,13,17,23,27H,12,14-16H2,1-2H3,(H,29,32). The summed E-state index contributed by atoms with van der Waals surface area (Å²) in [6, 6.07) is 19.7. The molecule has 2 heterocycles. The van der Waals surface area contributed by atoms with Gasteiger partial charge in [0.25, 0.3) is 0 Å². The Morgan fingerprint density at radius 3 is 2.19 bits per heavy atom. The summed E-state index contributed by atoms with van der Waals surface area (Å²) in [5.74, 6) is 1.97. The summed E-state index contributed by atoms with van der Waals surface area (Å²) in [5.41, 5.74) is 2.17. The number of piperidine rings is 1. The van der Waals surface area contributed by atoms with Gasteiger partial charge in [0.1, 0.15) is 24.7 Å². The van der Waals surface area contributed by atoms with Gasteiger partial charge in [-0.3, -0.25) is 9.59 Å². The largest absolute Gasteiger partial charge is 0.497 e. The van der Waals surface area contributed by atoms with Crippen molar-refractivity contribution in [2.24, 2.45) is 5.92 Å². The van der Waals surface area contributed by atoms with Crippen LogP contribution in [0.25, 0.3) is 0 Å². The third kappa shape index (κ3) is 4.66. The van der Waals surface area contributed by atoms with Crippen LogP contribution in [0.4, 0.5) is 11.4 Å². The lowest BCUT2D eigenvalue weighted by molar-refractivity contribution is -0.125. The molecule has 0 radical (unpaired) electrons. The molecule has 0 aliphatic carbocycles. The fourth-order valence-corrected chi connectivity index (χ4v) is 4.75. The molecule has 0 bridgehead atoms. The van der Waals surface area contributed by atoms with Crippen molar-refractivity contribution in [2.45, 2.75) is 18.9 Å². The van der Waals surface area contributed by atoms with Crippen molar-refractivity contribution in [3.8, 4) is 23.0 Å². The number of ether oxygens (including phenoxy) is 4. The second kappa shape index (κ2) is 10.2. The summed E-state index contributed by atoms with van der Waals surface area (Å²) in [7, 11) is 3.20. The summed E-state index contributed by atoms with van der Waals surface area (Å²) in [6.07, 6.45) is 0.691. The van der Waals surface area contributed by atoms with E-state index < -0.39 is 12.0 Å². The maximum absolute atomic E-state index is 13.7. The number of amides is 2. The molecule has 2 unspecified atom stereocenters. The van der Waals surface area contributed by atoms with Crippen LogP contribution < -0.4 is 29.2 Å². The molecule has 2 aliphatic heterocycles. The van der Waals surface area contributed by atoms with Gasteiger partial charge in [0.05, 0.1) is 26.2 Å². The topological polar surface area (TPSA) is 86.3 Å². The van der Waals surface area contributed by atoms with E-state index in [1.165, 1.54) is 0 Å². The Morgan fingerprint density at radius 2 is 1.53 bits per heavy atom. The summed E-state index contributed by atoms with van der Waals surface area (Å²) in [4.78, 5) is 28.6. The maximum atomic E-state index is 13.7. The number of hydrogen-bond acceptors (Lipinski definition) is 6. The van der Waals surface area contributed by atoms with Crippen LogP contribution >= 0.6 is 0 Å². The van der Waals surface area contributed by atoms with Crippen LogP contribution in [0.3, 0.4) is 0 Å². The van der Waals surface area contributed by atoms with Crippen molar-refractivity contribution in [3.63, 3.8) is 0 Å². The number of carbonyl (C=O) groups excluding carboxylic acids is 2. The minimum absolute atomic E-state index is 0.0376. The SMILES string of the molecule is COc1ccc(C2C(C(=O)Nc3ccc4c(c3)OCCO4)CCC(=O)N2c2ccc(OC)cc2)cc1. The first kappa shape index (κ1) is 23.5. The predicted octanol–water partition coefficient (Wildman–Crippen LogP) is 4.60. The van der Waals surface area contributed by atoms with E-state index in [2.05, 4.69) is 5.32 Å². The van der Waals surface area contributed by atoms with Gasteiger partial charge in [0.15, 0.2) is 11.5 Å². The molecule has 1 saturated heterocycles. The van der Waals surface area contributed by atoms with E-state index in [9.17, 15) is 9.59 Å². The molecule has 2 atom stereocenters. The van der Waals surface area contributed by atoms with E-state index in [1.54, 1.807) is 37.3 Å². The number of methoxy groups -OCH3 is 2. The normalized spacial score (nSPS) is 18.9. The third-order valence-electron chi connectivity index (χ3n) is 6.55. The molecule has 8 heteroatoms. The van der Waals surface area contributed by atoms with Crippen LogP contribution in [-0.4, -0.2) is 39.2 Å². The monoisotopic (exact) mass is 488 g/mol. The first-order chi connectivity index (χ1) is 17.6. The van der Waals surface area contributed by atoms with Gasteiger partial charge in [0, 0.05) is 23.9 Å². The number of hydrogen-bond donors (Lipinski definition) is 1. The van der Waals surface area contributed by atoms with Crippen LogP contribution in [0.1, 0.15) is 24.4 Å². The van der Waals surface area contributed by atoms with Gasteiger partial charge >= 0.3 is 0 Å². The average molecular weight is 489 g/mol. The zero-order chi connectivity index (χ0) is 25.1. The van der Waals surface area contributed by atoms with Crippen molar-refractivity contribution in [2.75, 3.05) is 37.7 Å². The molecular formula is C28H28N2O6. The number of carbonyl (C=O) groups is 2. The predicted molar refractivity (Wildman–Crippen MR) is 135 cm³/mol. The zero-order valence-corrected chi connectivity index (χ0v) is 20.2. The number of nitrogens with one attached hydrogen (secondary N) is 1. The van der Waals surface area contributed by atoms with E-state index in [0.29, 0.717) is 54.0 Å². The highest BCUT2D eigenvalue weighted by Crippen LogP contribution is 2.41. The quantitative estimate of drug-likeness (QED) is 0.546. The number of nitrogens with zero attached hydrogens (tertiary/aromatic N) is 1. The molecule has 186 valence electrons. The fourth-order valence-electron chi connectivity index (χ4n) is 4.75. The van der Waals surface area contributed by atoms with E-state index in [1.807, 2.05) is 48.5 Å². The smallest absolute Gasteiger partial charge is 0.229 e. The Morgan fingerprint density at radius 1 is 0.889 bits per heavy atom. The molecule has 1 N–H and O–H groups in total. The van der Waals surface area contributed by atoms with Gasteiger partial charge < -0.3 is 29.2 Å². The van der Waals surface area contributed by atoms with Gasteiger partial charge in [-0.25, -0.2) is 0 Å². The molecule has 5 rings (SSSR count). The minimum Gasteiger partial charge on any atom is -0.497 e. The first-order valence-corrected chi connectivity index (χ1v) is 11.9. The van der Waals surface area contributed by atoms with E-state index >= 15 is 0 Å². The van der Waals surface area contributed by atoms with E-state index in [4.69, 9.17) is 18.9 Å². The number of fused-ring (bicyclic) bond motifs is 1. The van der Waals surface area contributed by atoms with Crippen molar-refractivity contribution >= 4 is 23.2 Å². The molecular weight excluding hydrogens is 460 g/mol. The summed E-state index contributed by atoms with van der Waals surface area (Å²) in [5, 5.41) is 3.03. The van der Waals surface area contributed by atoms with Crippen molar-refractivity contribution in [1.29, 1.82) is 0 Å². The molecule has 0 aromatic heterocycles. The lowest BCUT2D eigenvalue weighted by Crippen LogP contribution is -2.47. The summed E-state index contributed by atoms with van der Waals surface area (Å²) < 4.78 is 21.8. The lowest BCUT2D eigenvalue weighted by atomic mass is 9.83. The molecule has 1 fully saturated rings. The van der Waals surface area contributed by atoms with Crippen LogP contribution in [-0.2, 0) is 9.59 Å². The van der Waals surface area contributed by atoms with Crippen molar-refractivity contribution < 1.29 is 28.5 Å². The first-order valence-electron chi connectivity index (χ1n) is 11.9. The molecule has 8 nitrogen and oxygen atoms in total.